The molecule has 122 valence electrons. The van der Waals surface area contributed by atoms with Gasteiger partial charge in [0, 0.05) is 12.6 Å². The molecule has 1 aliphatic heterocycles. The number of fused-ring (bicyclic) bond motifs is 1. The number of carboxylic acid groups (broad SMARTS) is 1. The lowest BCUT2D eigenvalue weighted by atomic mass is 9.94. The highest BCUT2D eigenvalue weighted by Crippen LogP contribution is 2.44. The van der Waals surface area contributed by atoms with Crippen molar-refractivity contribution in [2.45, 2.75) is 18.9 Å². The van der Waals surface area contributed by atoms with Crippen molar-refractivity contribution in [3.05, 3.63) is 35.9 Å². The minimum absolute atomic E-state index is 0.323. The minimum atomic E-state index is -1.41. The molecule has 0 aliphatic carbocycles. The van der Waals surface area contributed by atoms with E-state index in [4.69, 9.17) is 9.47 Å². The summed E-state index contributed by atoms with van der Waals surface area (Å²) in [5.74, 6) is -2.63. The highest BCUT2D eigenvalue weighted by Gasteiger charge is 2.44. The van der Waals surface area contributed by atoms with Crippen molar-refractivity contribution < 1.29 is 29.0 Å². The van der Waals surface area contributed by atoms with Crippen LogP contribution in [0.4, 0.5) is 5.69 Å². The van der Waals surface area contributed by atoms with E-state index in [0.717, 1.165) is 6.08 Å². The van der Waals surface area contributed by atoms with E-state index in [-0.39, 0.29) is 5.91 Å². The van der Waals surface area contributed by atoms with Gasteiger partial charge in [-0.25, -0.2) is 0 Å². The zero-order valence-corrected chi connectivity index (χ0v) is 12.9. The molecular weight excluding hydrogens is 302 g/mol. The third-order valence-electron chi connectivity index (χ3n) is 3.69. The lowest BCUT2D eigenvalue weighted by molar-refractivity contribution is -0.297. The second-order valence-electron chi connectivity index (χ2n) is 4.98. The van der Waals surface area contributed by atoms with Crippen molar-refractivity contribution in [2.75, 3.05) is 19.1 Å². The van der Waals surface area contributed by atoms with Crippen molar-refractivity contribution >= 4 is 23.5 Å². The molecule has 2 unspecified atom stereocenters. The van der Waals surface area contributed by atoms with Crippen molar-refractivity contribution in [3.63, 3.8) is 0 Å². The first-order valence-electron chi connectivity index (χ1n) is 6.85. The van der Waals surface area contributed by atoms with Crippen molar-refractivity contribution in [2.24, 2.45) is 0 Å². The fraction of sp³-hybridized carbons (Fsp3) is 0.312. The number of hydrogen-bond donors (Lipinski definition) is 0. The number of esters is 1. The maximum Gasteiger partial charge on any atom is 0.315 e. The quantitative estimate of drug-likeness (QED) is 0.572. The Balaban J connectivity index is 2.61. The summed E-state index contributed by atoms with van der Waals surface area (Å²) >= 11 is 0. The highest BCUT2D eigenvalue weighted by molar-refractivity contribution is 6.00. The molecule has 1 amide bonds. The van der Waals surface area contributed by atoms with E-state index in [1.165, 1.54) is 32.1 Å². The Morgan fingerprint density at radius 2 is 1.96 bits per heavy atom. The molecule has 1 aromatic rings. The van der Waals surface area contributed by atoms with Gasteiger partial charge in [0.1, 0.15) is 11.7 Å². The fourth-order valence-electron chi connectivity index (χ4n) is 2.77. The van der Waals surface area contributed by atoms with Crippen molar-refractivity contribution in [3.8, 4) is 5.75 Å². The lowest BCUT2D eigenvalue weighted by Crippen LogP contribution is -2.39. The Hall–Kier alpha value is -2.83. The lowest BCUT2D eigenvalue weighted by Gasteiger charge is -2.24. The molecule has 0 spiro atoms. The topological polar surface area (TPSA) is 96.0 Å². The van der Waals surface area contributed by atoms with E-state index < -0.39 is 23.9 Å². The molecule has 0 bridgehead atoms. The number of benzene rings is 1. The van der Waals surface area contributed by atoms with Gasteiger partial charge < -0.3 is 24.3 Å². The van der Waals surface area contributed by atoms with E-state index in [1.54, 1.807) is 18.2 Å². The summed E-state index contributed by atoms with van der Waals surface area (Å²) in [6.07, 6.45) is 2.06. The second kappa shape index (κ2) is 6.51. The molecule has 7 heteroatoms. The van der Waals surface area contributed by atoms with E-state index in [0.29, 0.717) is 17.0 Å². The summed E-state index contributed by atoms with van der Waals surface area (Å²) in [7, 11) is 2.72. The molecule has 2 atom stereocenters. The van der Waals surface area contributed by atoms with Gasteiger partial charge in [0.15, 0.2) is 0 Å². The molecule has 0 N–H and O–H groups in total. The third-order valence-corrected chi connectivity index (χ3v) is 3.69. The molecule has 0 fully saturated rings. The monoisotopic (exact) mass is 318 g/mol. The number of methoxy groups -OCH3 is 2. The number of carbonyl (C=O) groups is 3. The van der Waals surface area contributed by atoms with Gasteiger partial charge in [0.25, 0.3) is 0 Å². The van der Waals surface area contributed by atoms with Crippen LogP contribution >= 0.6 is 0 Å². The number of anilines is 1. The molecule has 1 aromatic carbocycles. The van der Waals surface area contributed by atoms with Crippen molar-refractivity contribution in [1.29, 1.82) is 0 Å². The van der Waals surface area contributed by atoms with Gasteiger partial charge in [-0.05, 0) is 29.8 Å². The van der Waals surface area contributed by atoms with Crippen LogP contribution in [0.3, 0.4) is 0 Å². The fourth-order valence-corrected chi connectivity index (χ4v) is 2.77. The smallest absolute Gasteiger partial charge is 0.315 e. The summed E-state index contributed by atoms with van der Waals surface area (Å²) in [5.41, 5.74) is 1.06. The SMILES string of the molecule is COC(=O)C1c2cc(OC)ccc2N(C(C)=O)C1/C=C/C(=O)[O-]. The zero-order chi connectivity index (χ0) is 17.1. The number of ether oxygens (including phenoxy) is 2. The first kappa shape index (κ1) is 16.5. The Bertz CT molecular complexity index is 681. The maximum absolute atomic E-state index is 12.2. The predicted octanol–water partition coefficient (Wildman–Crippen LogP) is -0.00700. The third kappa shape index (κ3) is 3.03. The summed E-state index contributed by atoms with van der Waals surface area (Å²) < 4.78 is 9.97. The molecular formula is C16H16NO6-. The summed E-state index contributed by atoms with van der Waals surface area (Å²) in [5, 5.41) is 10.7. The number of amides is 1. The standard InChI is InChI=1S/C16H17NO6/c1-9(18)17-12-5-4-10(22-2)8-11(12)15(16(21)23-3)13(17)6-7-14(19)20/h4-8,13,15H,1-3H3,(H,19,20)/p-1/b7-6+. The van der Waals surface area contributed by atoms with Crippen LogP contribution in [0.25, 0.3) is 0 Å². The van der Waals surface area contributed by atoms with Gasteiger partial charge in [-0.15, -0.1) is 0 Å². The van der Waals surface area contributed by atoms with Gasteiger partial charge in [-0.2, -0.15) is 0 Å². The first-order chi connectivity index (χ1) is 10.9. The Kier molecular flexibility index (Phi) is 4.68. The number of nitrogens with zero attached hydrogens (tertiary/aromatic N) is 1. The summed E-state index contributed by atoms with van der Waals surface area (Å²) in [6.45, 7) is 1.34. The van der Waals surface area contributed by atoms with Crippen LogP contribution in [0.15, 0.2) is 30.4 Å². The highest BCUT2D eigenvalue weighted by atomic mass is 16.5. The Labute approximate surface area is 133 Å². The largest absolute Gasteiger partial charge is 0.545 e. The summed E-state index contributed by atoms with van der Waals surface area (Å²) in [6, 6.07) is 4.14. The van der Waals surface area contributed by atoms with Crippen LogP contribution in [0, 0.1) is 0 Å². The molecule has 0 saturated heterocycles. The van der Waals surface area contributed by atoms with Gasteiger partial charge in [0.05, 0.1) is 26.2 Å². The number of aliphatic carboxylic acids is 1. The van der Waals surface area contributed by atoms with E-state index >= 15 is 0 Å². The van der Waals surface area contributed by atoms with E-state index in [2.05, 4.69) is 0 Å². The van der Waals surface area contributed by atoms with Gasteiger partial charge in [-0.3, -0.25) is 9.59 Å². The molecule has 2 rings (SSSR count). The molecule has 1 heterocycles. The first-order valence-corrected chi connectivity index (χ1v) is 6.85. The average molecular weight is 318 g/mol. The Morgan fingerprint density at radius 1 is 1.26 bits per heavy atom. The van der Waals surface area contributed by atoms with Gasteiger partial charge in [-0.1, -0.05) is 6.08 Å². The van der Waals surface area contributed by atoms with Crippen LogP contribution in [0.1, 0.15) is 18.4 Å². The maximum atomic E-state index is 12.2. The predicted molar refractivity (Wildman–Crippen MR) is 78.8 cm³/mol. The molecule has 7 nitrogen and oxygen atoms in total. The van der Waals surface area contributed by atoms with E-state index in [1.807, 2.05) is 0 Å². The van der Waals surface area contributed by atoms with Crippen molar-refractivity contribution in [1.82, 2.24) is 0 Å². The number of carboxylic acids is 1. The second-order valence-corrected chi connectivity index (χ2v) is 4.98. The van der Waals surface area contributed by atoms with Crippen LogP contribution in [-0.4, -0.2) is 38.1 Å². The Morgan fingerprint density at radius 3 is 2.48 bits per heavy atom. The molecule has 0 aromatic heterocycles. The molecule has 0 radical (unpaired) electrons. The summed E-state index contributed by atoms with van der Waals surface area (Å²) in [4.78, 5) is 36.3. The van der Waals surface area contributed by atoms with Crippen LogP contribution in [-0.2, 0) is 19.1 Å². The average Bonchev–Trinajstić information content (AvgIpc) is 2.85. The number of hydrogen-bond acceptors (Lipinski definition) is 6. The van der Waals surface area contributed by atoms with Crippen LogP contribution < -0.4 is 14.7 Å². The molecule has 1 aliphatic rings. The number of carbonyl (C=O) groups excluding carboxylic acids is 3. The van der Waals surface area contributed by atoms with E-state index in [9.17, 15) is 19.5 Å². The minimum Gasteiger partial charge on any atom is -0.545 e. The van der Waals surface area contributed by atoms with Gasteiger partial charge in [0.2, 0.25) is 5.91 Å². The molecule has 0 saturated carbocycles. The zero-order valence-electron chi connectivity index (χ0n) is 12.9. The number of rotatable bonds is 4. The van der Waals surface area contributed by atoms with Crippen LogP contribution in [0.2, 0.25) is 0 Å². The normalized spacial score (nSPS) is 19.5. The van der Waals surface area contributed by atoms with Gasteiger partial charge >= 0.3 is 5.97 Å². The molecule has 23 heavy (non-hydrogen) atoms. The van der Waals surface area contributed by atoms with Crippen LogP contribution in [0.5, 0.6) is 5.75 Å².